The number of rotatable bonds is 8. The van der Waals surface area contributed by atoms with Gasteiger partial charge in [0.15, 0.2) is 0 Å². The van der Waals surface area contributed by atoms with Crippen molar-refractivity contribution in [3.05, 3.63) is 35.4 Å². The summed E-state index contributed by atoms with van der Waals surface area (Å²) >= 11 is 0. The van der Waals surface area contributed by atoms with Gasteiger partial charge in [0.25, 0.3) is 0 Å². The Balaban J connectivity index is 2.61. The summed E-state index contributed by atoms with van der Waals surface area (Å²) < 4.78 is 5.75. The van der Waals surface area contributed by atoms with E-state index >= 15 is 0 Å². The van der Waals surface area contributed by atoms with Crippen molar-refractivity contribution in [2.24, 2.45) is 5.73 Å². The van der Waals surface area contributed by atoms with E-state index < -0.39 is 0 Å². The monoisotopic (exact) mass is 263 g/mol. The SMILES string of the molecule is CCCC(OCC)C(N)Cc1ccc(C(C)C)cc1. The molecule has 0 aromatic heterocycles. The van der Waals surface area contributed by atoms with E-state index in [4.69, 9.17) is 10.5 Å². The molecule has 0 aliphatic carbocycles. The average Bonchev–Trinajstić information content (AvgIpc) is 2.39. The average molecular weight is 263 g/mol. The quantitative estimate of drug-likeness (QED) is 0.772. The summed E-state index contributed by atoms with van der Waals surface area (Å²) in [7, 11) is 0. The lowest BCUT2D eigenvalue weighted by Gasteiger charge is -2.23. The zero-order valence-corrected chi connectivity index (χ0v) is 12.9. The lowest BCUT2D eigenvalue weighted by Crippen LogP contribution is -2.38. The van der Waals surface area contributed by atoms with E-state index in [0.29, 0.717) is 5.92 Å². The molecule has 2 unspecified atom stereocenters. The van der Waals surface area contributed by atoms with Gasteiger partial charge in [0.1, 0.15) is 0 Å². The molecule has 0 radical (unpaired) electrons. The fraction of sp³-hybridized carbons (Fsp3) is 0.647. The number of nitrogens with two attached hydrogens (primary N) is 1. The van der Waals surface area contributed by atoms with Gasteiger partial charge in [0.2, 0.25) is 0 Å². The molecule has 0 aliphatic heterocycles. The van der Waals surface area contributed by atoms with E-state index in [1.807, 2.05) is 6.92 Å². The molecule has 0 aliphatic rings. The van der Waals surface area contributed by atoms with Crippen LogP contribution in [0, 0.1) is 0 Å². The fourth-order valence-corrected chi connectivity index (χ4v) is 2.36. The summed E-state index contributed by atoms with van der Waals surface area (Å²) in [5.41, 5.74) is 8.98. The summed E-state index contributed by atoms with van der Waals surface area (Å²) in [6.07, 6.45) is 3.23. The minimum atomic E-state index is 0.0878. The predicted molar refractivity (Wildman–Crippen MR) is 82.5 cm³/mol. The molecule has 0 bridgehead atoms. The van der Waals surface area contributed by atoms with Gasteiger partial charge in [-0.05, 0) is 36.8 Å². The molecule has 2 N–H and O–H groups in total. The van der Waals surface area contributed by atoms with Crippen molar-refractivity contribution < 1.29 is 4.74 Å². The van der Waals surface area contributed by atoms with Crippen molar-refractivity contribution in [2.75, 3.05) is 6.61 Å². The first-order chi connectivity index (χ1) is 9.08. The van der Waals surface area contributed by atoms with E-state index in [1.54, 1.807) is 0 Å². The third-order valence-corrected chi connectivity index (χ3v) is 3.55. The Labute approximate surface area is 118 Å². The second-order valence-electron chi connectivity index (χ2n) is 5.55. The first-order valence-electron chi connectivity index (χ1n) is 7.54. The molecule has 1 aromatic carbocycles. The third-order valence-electron chi connectivity index (χ3n) is 3.55. The Morgan fingerprint density at radius 2 is 1.74 bits per heavy atom. The van der Waals surface area contributed by atoms with Crippen LogP contribution in [0.1, 0.15) is 57.6 Å². The van der Waals surface area contributed by atoms with Crippen LogP contribution in [0.25, 0.3) is 0 Å². The first-order valence-corrected chi connectivity index (χ1v) is 7.54. The smallest absolute Gasteiger partial charge is 0.0728 e. The zero-order valence-electron chi connectivity index (χ0n) is 12.9. The maximum Gasteiger partial charge on any atom is 0.0728 e. The van der Waals surface area contributed by atoms with Gasteiger partial charge in [0, 0.05) is 12.6 Å². The Bertz CT molecular complexity index is 339. The van der Waals surface area contributed by atoms with Crippen molar-refractivity contribution in [3.8, 4) is 0 Å². The maximum atomic E-state index is 6.29. The molecule has 2 atom stereocenters. The molecular formula is C17H29NO. The highest BCUT2D eigenvalue weighted by molar-refractivity contribution is 5.25. The summed E-state index contributed by atoms with van der Waals surface area (Å²) in [6.45, 7) is 9.38. The van der Waals surface area contributed by atoms with E-state index in [-0.39, 0.29) is 12.1 Å². The molecular weight excluding hydrogens is 234 g/mol. The van der Waals surface area contributed by atoms with Crippen LogP contribution in [-0.2, 0) is 11.2 Å². The third kappa shape index (κ3) is 5.33. The van der Waals surface area contributed by atoms with Crippen molar-refractivity contribution in [1.29, 1.82) is 0 Å². The molecule has 0 heterocycles. The molecule has 0 saturated carbocycles. The van der Waals surface area contributed by atoms with Gasteiger partial charge >= 0.3 is 0 Å². The minimum Gasteiger partial charge on any atom is -0.377 e. The minimum absolute atomic E-state index is 0.0878. The van der Waals surface area contributed by atoms with E-state index in [2.05, 4.69) is 45.0 Å². The summed E-state index contributed by atoms with van der Waals surface area (Å²) in [5, 5.41) is 0. The van der Waals surface area contributed by atoms with E-state index in [0.717, 1.165) is 25.9 Å². The molecule has 108 valence electrons. The van der Waals surface area contributed by atoms with Crippen LogP contribution in [0.5, 0.6) is 0 Å². The largest absolute Gasteiger partial charge is 0.377 e. The van der Waals surface area contributed by atoms with Gasteiger partial charge in [-0.3, -0.25) is 0 Å². The number of ether oxygens (including phenoxy) is 1. The standard InChI is InChI=1S/C17H29NO/c1-5-7-17(19-6-2)16(18)12-14-8-10-15(11-9-14)13(3)4/h8-11,13,16-17H,5-7,12,18H2,1-4H3. The maximum absolute atomic E-state index is 6.29. The second-order valence-corrected chi connectivity index (χ2v) is 5.55. The summed E-state index contributed by atoms with van der Waals surface area (Å²) in [5.74, 6) is 0.582. The van der Waals surface area contributed by atoms with Crippen LogP contribution in [0.15, 0.2) is 24.3 Å². The summed E-state index contributed by atoms with van der Waals surface area (Å²) in [6, 6.07) is 8.91. The number of hydrogen-bond donors (Lipinski definition) is 1. The highest BCUT2D eigenvalue weighted by atomic mass is 16.5. The lowest BCUT2D eigenvalue weighted by atomic mass is 9.96. The molecule has 2 heteroatoms. The first kappa shape index (κ1) is 16.2. The topological polar surface area (TPSA) is 35.2 Å². The normalized spacial score (nSPS) is 14.6. The van der Waals surface area contributed by atoms with Gasteiger partial charge in [-0.1, -0.05) is 51.5 Å². The molecule has 0 amide bonds. The number of hydrogen-bond acceptors (Lipinski definition) is 2. The Kier molecular flexibility index (Phi) is 7.11. The highest BCUT2D eigenvalue weighted by Crippen LogP contribution is 2.17. The second kappa shape index (κ2) is 8.34. The molecule has 19 heavy (non-hydrogen) atoms. The van der Waals surface area contributed by atoms with Gasteiger partial charge in [-0.15, -0.1) is 0 Å². The van der Waals surface area contributed by atoms with Gasteiger partial charge in [0.05, 0.1) is 6.10 Å². The van der Waals surface area contributed by atoms with Crippen LogP contribution in [0.3, 0.4) is 0 Å². The predicted octanol–water partition coefficient (Wildman–Crippen LogP) is 3.89. The van der Waals surface area contributed by atoms with Crippen LogP contribution in [-0.4, -0.2) is 18.8 Å². The van der Waals surface area contributed by atoms with Crippen molar-refractivity contribution in [3.63, 3.8) is 0 Å². The van der Waals surface area contributed by atoms with E-state index in [9.17, 15) is 0 Å². The van der Waals surface area contributed by atoms with Gasteiger partial charge in [-0.2, -0.15) is 0 Å². The Morgan fingerprint density at radius 3 is 2.21 bits per heavy atom. The lowest BCUT2D eigenvalue weighted by molar-refractivity contribution is 0.0378. The van der Waals surface area contributed by atoms with Crippen LogP contribution in [0.2, 0.25) is 0 Å². The fourth-order valence-electron chi connectivity index (χ4n) is 2.36. The molecule has 0 spiro atoms. The van der Waals surface area contributed by atoms with Crippen molar-refractivity contribution in [2.45, 2.75) is 65.0 Å². The Hall–Kier alpha value is -0.860. The van der Waals surface area contributed by atoms with E-state index in [1.165, 1.54) is 11.1 Å². The molecule has 2 nitrogen and oxygen atoms in total. The highest BCUT2D eigenvalue weighted by Gasteiger charge is 2.17. The van der Waals surface area contributed by atoms with Crippen molar-refractivity contribution in [1.82, 2.24) is 0 Å². The molecule has 0 fully saturated rings. The molecule has 0 saturated heterocycles. The van der Waals surface area contributed by atoms with Crippen LogP contribution in [0.4, 0.5) is 0 Å². The Morgan fingerprint density at radius 1 is 1.11 bits per heavy atom. The van der Waals surface area contributed by atoms with Crippen LogP contribution < -0.4 is 5.73 Å². The zero-order chi connectivity index (χ0) is 14.3. The van der Waals surface area contributed by atoms with Gasteiger partial charge < -0.3 is 10.5 Å². The molecule has 1 rings (SSSR count). The summed E-state index contributed by atoms with van der Waals surface area (Å²) in [4.78, 5) is 0. The van der Waals surface area contributed by atoms with Crippen molar-refractivity contribution >= 4 is 0 Å². The van der Waals surface area contributed by atoms with Gasteiger partial charge in [-0.25, -0.2) is 0 Å². The number of benzene rings is 1. The van der Waals surface area contributed by atoms with Crippen LogP contribution >= 0.6 is 0 Å². The molecule has 1 aromatic rings.